The molecule has 4 heterocycles. The molecule has 0 aliphatic carbocycles. The van der Waals surface area contributed by atoms with Crippen molar-refractivity contribution >= 4 is 11.9 Å². The molecule has 0 unspecified atom stereocenters. The molecule has 242 valence electrons. The number of hydrogen-bond acceptors (Lipinski definition) is 13. The number of esters is 2. The van der Waals surface area contributed by atoms with Gasteiger partial charge in [0.1, 0.15) is 30.2 Å². The molecule has 2 aromatic carbocycles. The zero-order chi connectivity index (χ0) is 32.1. The Hall–Kier alpha value is -3.98. The average molecular weight is 629 g/mol. The van der Waals surface area contributed by atoms with Crippen LogP contribution in [-0.2, 0) is 46.1 Å². The van der Waals surface area contributed by atoms with E-state index in [9.17, 15) is 35.1 Å². The fraction of sp³-hybridized carbons (Fsp3) is 0.438. The third kappa shape index (κ3) is 7.47. The molecule has 4 aliphatic rings. The molecular formula is C32H36O13. The lowest BCUT2D eigenvalue weighted by atomic mass is 9.86. The van der Waals surface area contributed by atoms with E-state index in [1.165, 1.54) is 6.07 Å². The van der Waals surface area contributed by atoms with Gasteiger partial charge in [-0.1, -0.05) is 24.3 Å². The van der Waals surface area contributed by atoms with Crippen LogP contribution in [-0.4, -0.2) is 94.3 Å². The maximum Gasteiger partial charge on any atom is 0.337 e. The van der Waals surface area contributed by atoms with Crippen LogP contribution in [0.5, 0.6) is 17.2 Å². The summed E-state index contributed by atoms with van der Waals surface area (Å²) in [5.41, 5.74) is 1.96. The molecule has 7 atom stereocenters. The minimum atomic E-state index is -1.70. The molecule has 0 spiro atoms. The molecule has 13 nitrogen and oxygen atoms in total. The van der Waals surface area contributed by atoms with Gasteiger partial charge >= 0.3 is 11.9 Å². The number of benzene rings is 2. The number of aliphatic hydroxyl groups is 4. The van der Waals surface area contributed by atoms with Crippen molar-refractivity contribution < 1.29 is 63.5 Å². The van der Waals surface area contributed by atoms with Crippen molar-refractivity contribution in [1.82, 2.24) is 0 Å². The van der Waals surface area contributed by atoms with Gasteiger partial charge in [0.05, 0.1) is 38.1 Å². The van der Waals surface area contributed by atoms with Crippen LogP contribution < -0.4 is 4.74 Å². The Kier molecular flexibility index (Phi) is 10.4. The van der Waals surface area contributed by atoms with Crippen molar-refractivity contribution in [3.05, 3.63) is 77.1 Å². The fourth-order valence-corrected chi connectivity index (χ4v) is 5.31. The molecule has 4 aliphatic heterocycles. The van der Waals surface area contributed by atoms with E-state index in [1.54, 1.807) is 37.3 Å². The SMILES string of the molecule is CC=C1[C@H](O[C@H]2O[C@H](CO)[C@@H](O)[C@H](O)[C@H]2O)OC=C2C(=O)OCCc3ccc(O)c(c3)Oc3ccc(cc3)CCOC(=O)C[C@@H]21. The smallest absolute Gasteiger partial charge is 0.337 e. The largest absolute Gasteiger partial charge is 0.504 e. The van der Waals surface area contributed by atoms with Crippen LogP contribution in [0.25, 0.3) is 0 Å². The molecule has 5 N–H and O–H groups in total. The second kappa shape index (κ2) is 14.4. The van der Waals surface area contributed by atoms with Gasteiger partial charge in [-0.2, -0.15) is 0 Å². The summed E-state index contributed by atoms with van der Waals surface area (Å²) in [7, 11) is 0. The van der Waals surface area contributed by atoms with Crippen molar-refractivity contribution in [2.45, 2.75) is 63.2 Å². The first-order valence-electron chi connectivity index (χ1n) is 14.6. The van der Waals surface area contributed by atoms with Gasteiger partial charge in [-0.05, 0) is 42.3 Å². The molecule has 1 saturated heterocycles. The van der Waals surface area contributed by atoms with Crippen molar-refractivity contribution in [3.63, 3.8) is 0 Å². The number of aliphatic hydroxyl groups excluding tert-OH is 4. The highest BCUT2D eigenvalue weighted by molar-refractivity contribution is 5.91. The summed E-state index contributed by atoms with van der Waals surface area (Å²) in [6, 6.07) is 12.0. The number of carbonyl (C=O) groups excluding carboxylic acids is 2. The van der Waals surface area contributed by atoms with Crippen LogP contribution in [0, 0.1) is 5.92 Å². The Morgan fingerprint density at radius 3 is 2.38 bits per heavy atom. The first-order chi connectivity index (χ1) is 21.7. The summed E-state index contributed by atoms with van der Waals surface area (Å²) >= 11 is 0. The number of phenolic OH excluding ortho intramolecular Hbond substituents is 1. The number of hydrogen-bond donors (Lipinski definition) is 5. The molecule has 4 bridgehead atoms. The average Bonchev–Trinajstić information content (AvgIpc) is 3.03. The molecule has 2 aromatic rings. The zero-order valence-electron chi connectivity index (χ0n) is 24.5. The predicted molar refractivity (Wildman–Crippen MR) is 154 cm³/mol. The van der Waals surface area contributed by atoms with Crippen molar-refractivity contribution in [3.8, 4) is 17.2 Å². The van der Waals surface area contributed by atoms with Gasteiger partial charge in [0.2, 0.25) is 6.29 Å². The summed E-state index contributed by atoms with van der Waals surface area (Å²) in [6.45, 7) is 1.01. The van der Waals surface area contributed by atoms with Crippen molar-refractivity contribution in [2.24, 2.45) is 5.92 Å². The lowest BCUT2D eigenvalue weighted by molar-refractivity contribution is -0.327. The number of aromatic hydroxyl groups is 1. The van der Waals surface area contributed by atoms with Gasteiger partial charge in [-0.15, -0.1) is 0 Å². The Bertz CT molecular complexity index is 1420. The fourth-order valence-electron chi connectivity index (χ4n) is 5.31. The van der Waals surface area contributed by atoms with Gasteiger partial charge in [-0.25, -0.2) is 4.79 Å². The standard InChI is InChI=1S/C32H36O13/c1-2-20-21-14-26(35)40-11-9-17-3-6-19(7-4-17)43-24-13-18(5-8-23(24)34)10-12-41-30(39)22(21)16-42-31(20)45-32-29(38)28(37)27(36)25(15-33)44-32/h2-8,13,16,21,25,27-29,31-34,36-38H,9-12,14-15H2,1H3/t21-,25-,27-,28+,29-,31+,32-/m1/s1. The minimum Gasteiger partial charge on any atom is -0.504 e. The van der Waals surface area contributed by atoms with Gasteiger partial charge in [0.15, 0.2) is 17.8 Å². The van der Waals surface area contributed by atoms with Crippen LogP contribution in [0.4, 0.5) is 0 Å². The number of ether oxygens (including phenoxy) is 6. The summed E-state index contributed by atoms with van der Waals surface area (Å²) in [5.74, 6) is -1.56. The van der Waals surface area contributed by atoms with E-state index < -0.39 is 61.5 Å². The highest BCUT2D eigenvalue weighted by Gasteiger charge is 2.47. The first-order valence-corrected chi connectivity index (χ1v) is 14.6. The van der Waals surface area contributed by atoms with E-state index in [0.29, 0.717) is 24.2 Å². The first kappa shape index (κ1) is 32.4. The molecular weight excluding hydrogens is 592 g/mol. The molecule has 45 heavy (non-hydrogen) atoms. The van der Waals surface area contributed by atoms with Crippen molar-refractivity contribution in [2.75, 3.05) is 19.8 Å². The van der Waals surface area contributed by atoms with Crippen LogP contribution >= 0.6 is 0 Å². The zero-order valence-corrected chi connectivity index (χ0v) is 24.5. The van der Waals surface area contributed by atoms with Gasteiger partial charge in [0.25, 0.3) is 0 Å². The Labute approximate surface area is 258 Å². The maximum atomic E-state index is 13.3. The van der Waals surface area contributed by atoms with E-state index in [4.69, 9.17) is 28.4 Å². The lowest BCUT2D eigenvalue weighted by Crippen LogP contribution is -2.60. The quantitative estimate of drug-likeness (QED) is 0.242. The van der Waals surface area contributed by atoms with Crippen LogP contribution in [0.15, 0.2) is 65.9 Å². The number of phenols is 1. The minimum absolute atomic E-state index is 0.0247. The third-order valence-corrected chi connectivity index (χ3v) is 7.87. The summed E-state index contributed by atoms with van der Waals surface area (Å²) in [6.07, 6.45) is -5.85. The highest BCUT2D eigenvalue weighted by Crippen LogP contribution is 2.37. The summed E-state index contributed by atoms with van der Waals surface area (Å²) in [4.78, 5) is 26.3. The Morgan fingerprint density at radius 1 is 0.933 bits per heavy atom. The maximum absolute atomic E-state index is 13.3. The second-order valence-electron chi connectivity index (χ2n) is 10.8. The van der Waals surface area contributed by atoms with Crippen molar-refractivity contribution in [1.29, 1.82) is 0 Å². The number of allylic oxidation sites excluding steroid dienone is 1. The number of rotatable bonds is 3. The van der Waals surface area contributed by atoms with E-state index in [2.05, 4.69) is 0 Å². The number of fused-ring (bicyclic) bond motifs is 9. The normalized spacial score (nSPS) is 30.4. The lowest BCUT2D eigenvalue weighted by Gasteiger charge is -2.42. The predicted octanol–water partition coefficient (Wildman–Crippen LogP) is 1.38. The van der Waals surface area contributed by atoms with E-state index in [-0.39, 0.29) is 36.7 Å². The second-order valence-corrected chi connectivity index (χ2v) is 10.8. The molecule has 0 saturated carbocycles. The Balaban J connectivity index is 1.39. The molecule has 0 radical (unpaired) electrons. The topological polar surface area (TPSA) is 191 Å². The summed E-state index contributed by atoms with van der Waals surface area (Å²) in [5, 5.41) is 50.6. The molecule has 1 fully saturated rings. The third-order valence-electron chi connectivity index (χ3n) is 7.87. The number of carbonyl (C=O) groups is 2. The molecule has 13 heteroatoms. The highest BCUT2D eigenvalue weighted by atomic mass is 16.8. The molecule has 0 amide bonds. The van der Waals surface area contributed by atoms with Crippen LogP contribution in [0.3, 0.4) is 0 Å². The monoisotopic (exact) mass is 628 g/mol. The van der Waals surface area contributed by atoms with Gasteiger partial charge < -0.3 is 54.0 Å². The van der Waals surface area contributed by atoms with Gasteiger partial charge in [0, 0.05) is 24.3 Å². The molecule has 6 rings (SSSR count). The molecule has 0 aromatic heterocycles. The Morgan fingerprint density at radius 2 is 1.64 bits per heavy atom. The van der Waals surface area contributed by atoms with E-state index in [1.807, 2.05) is 12.1 Å². The van der Waals surface area contributed by atoms with Crippen LogP contribution in [0.1, 0.15) is 24.5 Å². The summed E-state index contributed by atoms with van der Waals surface area (Å²) < 4.78 is 33.9. The van der Waals surface area contributed by atoms with E-state index >= 15 is 0 Å². The van der Waals surface area contributed by atoms with Crippen LogP contribution in [0.2, 0.25) is 0 Å². The van der Waals surface area contributed by atoms with Gasteiger partial charge in [-0.3, -0.25) is 4.79 Å². The van der Waals surface area contributed by atoms with E-state index in [0.717, 1.165) is 17.4 Å².